The minimum Gasteiger partial charge on any atom is -0.353 e. The first-order valence-electron chi connectivity index (χ1n) is 5.80. The molecule has 1 N–H and O–H groups in total. The van der Waals surface area contributed by atoms with Crippen molar-refractivity contribution < 1.29 is 14.5 Å². The van der Waals surface area contributed by atoms with Gasteiger partial charge < -0.3 is 10.2 Å². The van der Waals surface area contributed by atoms with Gasteiger partial charge in [-0.2, -0.15) is 0 Å². The summed E-state index contributed by atoms with van der Waals surface area (Å²) >= 11 is 5.82. The molecule has 1 aliphatic rings. The molecule has 1 fully saturated rings. The van der Waals surface area contributed by atoms with Gasteiger partial charge in [-0.05, 0) is 6.92 Å². The summed E-state index contributed by atoms with van der Waals surface area (Å²) in [7, 11) is 0. The Bertz CT molecular complexity index is 592. The Morgan fingerprint density at radius 3 is 3.00 bits per heavy atom. The summed E-state index contributed by atoms with van der Waals surface area (Å²) in [5, 5.41) is 13.2. The number of hydrogen-bond donors (Lipinski definition) is 1. The summed E-state index contributed by atoms with van der Waals surface area (Å²) in [6, 6.07) is 0.406. The predicted molar refractivity (Wildman–Crippen MR) is 69.4 cm³/mol. The maximum Gasteiger partial charge on any atom is 0.288 e. The number of piperazine rings is 1. The molecule has 1 aromatic rings. The van der Waals surface area contributed by atoms with Gasteiger partial charge in [-0.3, -0.25) is 19.7 Å². The van der Waals surface area contributed by atoms with E-state index in [1.54, 1.807) is 6.92 Å². The molecular weight excluding hydrogens is 288 g/mol. The van der Waals surface area contributed by atoms with Crippen molar-refractivity contribution in [1.29, 1.82) is 0 Å². The Kier molecular flexibility index (Phi) is 3.84. The van der Waals surface area contributed by atoms with Crippen LogP contribution in [0.1, 0.15) is 17.3 Å². The molecule has 2 rings (SSSR count). The first-order valence-corrected chi connectivity index (χ1v) is 6.18. The maximum atomic E-state index is 12.4. The lowest BCUT2D eigenvalue weighted by molar-refractivity contribution is -0.385. The minimum absolute atomic E-state index is 0.0811. The molecule has 0 aliphatic carbocycles. The first-order chi connectivity index (χ1) is 9.41. The van der Waals surface area contributed by atoms with Crippen molar-refractivity contribution >= 4 is 29.1 Å². The molecule has 9 heteroatoms. The fraction of sp³-hybridized carbons (Fsp3) is 0.364. The normalized spacial score (nSPS) is 18.6. The SMILES string of the molecule is CC1C(=O)NCCN1C(=O)c1cc([N+](=O)[O-])cnc1Cl. The van der Waals surface area contributed by atoms with Gasteiger partial charge in [-0.25, -0.2) is 4.98 Å². The monoisotopic (exact) mass is 298 g/mol. The average Bonchev–Trinajstić information content (AvgIpc) is 2.41. The molecule has 1 atom stereocenters. The highest BCUT2D eigenvalue weighted by Crippen LogP contribution is 2.22. The summed E-state index contributed by atoms with van der Waals surface area (Å²) in [5.74, 6) is -0.826. The highest BCUT2D eigenvalue weighted by molar-refractivity contribution is 6.32. The van der Waals surface area contributed by atoms with Crippen molar-refractivity contribution in [2.24, 2.45) is 0 Å². The third-order valence-corrected chi connectivity index (χ3v) is 3.33. The molecule has 1 unspecified atom stereocenters. The van der Waals surface area contributed by atoms with Gasteiger partial charge >= 0.3 is 0 Å². The summed E-state index contributed by atoms with van der Waals surface area (Å²) < 4.78 is 0. The van der Waals surface area contributed by atoms with Crippen LogP contribution in [-0.2, 0) is 4.79 Å². The van der Waals surface area contributed by atoms with Crippen LogP contribution in [0.5, 0.6) is 0 Å². The van der Waals surface area contributed by atoms with E-state index in [-0.39, 0.29) is 22.3 Å². The van der Waals surface area contributed by atoms with Crippen LogP contribution in [-0.4, -0.2) is 45.8 Å². The van der Waals surface area contributed by atoms with Crippen molar-refractivity contribution in [3.8, 4) is 0 Å². The first kappa shape index (κ1) is 14.2. The van der Waals surface area contributed by atoms with Gasteiger partial charge in [0.15, 0.2) is 0 Å². The molecule has 0 bridgehead atoms. The largest absolute Gasteiger partial charge is 0.353 e. The number of carbonyl (C=O) groups excluding carboxylic acids is 2. The molecule has 8 nitrogen and oxygen atoms in total. The fourth-order valence-electron chi connectivity index (χ4n) is 1.90. The van der Waals surface area contributed by atoms with Crippen LogP contribution in [0.25, 0.3) is 0 Å². The molecule has 0 saturated carbocycles. The molecule has 1 saturated heterocycles. The van der Waals surface area contributed by atoms with Gasteiger partial charge in [0.05, 0.1) is 10.5 Å². The van der Waals surface area contributed by atoms with E-state index >= 15 is 0 Å². The van der Waals surface area contributed by atoms with Gasteiger partial charge in [0.25, 0.3) is 11.6 Å². The summed E-state index contributed by atoms with van der Waals surface area (Å²) in [5.41, 5.74) is -0.408. The highest BCUT2D eigenvalue weighted by Gasteiger charge is 2.31. The molecule has 1 aliphatic heterocycles. The van der Waals surface area contributed by atoms with Crippen molar-refractivity contribution in [1.82, 2.24) is 15.2 Å². The van der Waals surface area contributed by atoms with Gasteiger partial charge in [-0.1, -0.05) is 11.6 Å². The van der Waals surface area contributed by atoms with Gasteiger partial charge in [-0.15, -0.1) is 0 Å². The van der Waals surface area contributed by atoms with Crippen LogP contribution >= 0.6 is 11.6 Å². The van der Waals surface area contributed by atoms with Crippen molar-refractivity contribution in [3.05, 3.63) is 33.1 Å². The van der Waals surface area contributed by atoms with E-state index in [9.17, 15) is 19.7 Å². The zero-order valence-corrected chi connectivity index (χ0v) is 11.3. The molecule has 2 heterocycles. The smallest absolute Gasteiger partial charge is 0.288 e. The second-order valence-corrected chi connectivity index (χ2v) is 4.61. The Morgan fingerprint density at radius 1 is 1.65 bits per heavy atom. The molecule has 0 radical (unpaired) electrons. The number of rotatable bonds is 2. The van der Waals surface area contributed by atoms with E-state index < -0.39 is 16.9 Å². The van der Waals surface area contributed by atoms with Crippen molar-refractivity contribution in [2.75, 3.05) is 13.1 Å². The summed E-state index contributed by atoms with van der Waals surface area (Å²) in [6.07, 6.45) is 0.978. The highest BCUT2D eigenvalue weighted by atomic mass is 35.5. The Balaban J connectivity index is 2.35. The van der Waals surface area contributed by atoms with Crippen LogP contribution in [0.2, 0.25) is 5.15 Å². The molecule has 1 aromatic heterocycles. The van der Waals surface area contributed by atoms with E-state index in [0.717, 1.165) is 12.3 Å². The number of nitro groups is 1. The lowest BCUT2D eigenvalue weighted by Crippen LogP contribution is -2.55. The number of carbonyl (C=O) groups is 2. The molecule has 20 heavy (non-hydrogen) atoms. The predicted octanol–water partition coefficient (Wildman–Crippen LogP) is 0.604. The van der Waals surface area contributed by atoms with E-state index in [1.165, 1.54) is 4.90 Å². The summed E-state index contributed by atoms with van der Waals surface area (Å²) in [4.78, 5) is 38.9. The van der Waals surface area contributed by atoms with Crippen LogP contribution < -0.4 is 5.32 Å². The number of pyridine rings is 1. The van der Waals surface area contributed by atoms with Crippen LogP contribution in [0.15, 0.2) is 12.3 Å². The molecule has 106 valence electrons. The van der Waals surface area contributed by atoms with Gasteiger partial charge in [0.1, 0.15) is 17.4 Å². The zero-order valence-electron chi connectivity index (χ0n) is 10.5. The number of nitrogens with zero attached hydrogens (tertiary/aromatic N) is 3. The number of aromatic nitrogens is 1. The number of hydrogen-bond acceptors (Lipinski definition) is 5. The topological polar surface area (TPSA) is 105 Å². The van der Waals surface area contributed by atoms with E-state index in [0.29, 0.717) is 13.1 Å². The Labute approximate surface area is 118 Å². The number of halogens is 1. The lowest BCUT2D eigenvalue weighted by atomic mass is 10.1. The second-order valence-electron chi connectivity index (χ2n) is 4.25. The summed E-state index contributed by atoms with van der Waals surface area (Å²) in [6.45, 7) is 2.21. The third-order valence-electron chi connectivity index (χ3n) is 3.03. The maximum absolute atomic E-state index is 12.4. The van der Waals surface area contributed by atoms with Gasteiger partial charge in [0, 0.05) is 19.2 Å². The number of nitrogens with one attached hydrogen (secondary N) is 1. The van der Waals surface area contributed by atoms with E-state index in [4.69, 9.17) is 11.6 Å². The molecular formula is C11H11ClN4O4. The van der Waals surface area contributed by atoms with E-state index in [2.05, 4.69) is 10.3 Å². The standard InChI is InChI=1S/C11H11ClN4O4/c1-6-10(17)13-2-3-15(6)11(18)8-4-7(16(19)20)5-14-9(8)12/h4-6H,2-3H2,1H3,(H,13,17). The second kappa shape index (κ2) is 5.41. The lowest BCUT2D eigenvalue weighted by Gasteiger charge is -2.32. The van der Waals surface area contributed by atoms with Crippen LogP contribution in [0.4, 0.5) is 5.69 Å². The molecule has 2 amide bonds. The number of amides is 2. The quantitative estimate of drug-likeness (QED) is 0.489. The average molecular weight is 299 g/mol. The fourth-order valence-corrected chi connectivity index (χ4v) is 2.09. The minimum atomic E-state index is -0.661. The van der Waals surface area contributed by atoms with Crippen molar-refractivity contribution in [2.45, 2.75) is 13.0 Å². The zero-order chi connectivity index (χ0) is 14.9. The molecule has 0 aromatic carbocycles. The third kappa shape index (κ3) is 2.55. The van der Waals surface area contributed by atoms with Crippen LogP contribution in [0, 0.1) is 10.1 Å². The van der Waals surface area contributed by atoms with Crippen molar-refractivity contribution in [3.63, 3.8) is 0 Å². The Morgan fingerprint density at radius 2 is 2.35 bits per heavy atom. The van der Waals surface area contributed by atoms with E-state index in [1.807, 2.05) is 0 Å². The van der Waals surface area contributed by atoms with Crippen LogP contribution in [0.3, 0.4) is 0 Å². The molecule has 0 spiro atoms. The van der Waals surface area contributed by atoms with Gasteiger partial charge in [0.2, 0.25) is 5.91 Å². The Hall–Kier alpha value is -2.22.